The van der Waals surface area contributed by atoms with E-state index in [0.29, 0.717) is 80.1 Å². The van der Waals surface area contributed by atoms with E-state index in [1.54, 1.807) is 23.9 Å². The molecule has 0 unspecified atom stereocenters. The molecule has 3 aliphatic rings. The monoisotopic (exact) mass is 1090 g/mol. The number of carbonyl (C=O) groups is 1. The number of alkyl halides is 3. The maximum atomic E-state index is 15.0. The molecule has 3 fully saturated rings. The van der Waals surface area contributed by atoms with E-state index in [4.69, 9.17) is 20.9 Å². The van der Waals surface area contributed by atoms with Gasteiger partial charge in [0.2, 0.25) is 0 Å². The number of ether oxygens (including phenoxy) is 1. The van der Waals surface area contributed by atoms with Crippen molar-refractivity contribution in [2.24, 2.45) is 5.92 Å². The molecule has 74 heavy (non-hydrogen) atoms. The molecule has 0 spiro atoms. The summed E-state index contributed by atoms with van der Waals surface area (Å²) in [6.45, 7) is 12.2. The van der Waals surface area contributed by atoms with Crippen LogP contribution in [0.3, 0.4) is 0 Å². The van der Waals surface area contributed by atoms with E-state index >= 15 is 0 Å². The predicted octanol–water partition coefficient (Wildman–Crippen LogP) is 11.7. The molecule has 3 saturated heterocycles. The topological polar surface area (TPSA) is 125 Å². The van der Waals surface area contributed by atoms with Gasteiger partial charge in [-0.3, -0.25) is 14.1 Å². The average Bonchev–Trinajstić information content (AvgIpc) is 3.95. The molecule has 3 aliphatic heterocycles. The van der Waals surface area contributed by atoms with Gasteiger partial charge >= 0.3 is 19.0 Å². The number of nitrogens with zero attached hydrogens (tertiary/aromatic N) is 5. The second kappa shape index (κ2) is 22.5. The molecule has 0 bridgehead atoms. The van der Waals surface area contributed by atoms with Crippen LogP contribution in [-0.2, 0) is 30.1 Å². The number of benzene rings is 5. The first-order valence-corrected chi connectivity index (χ1v) is 29.2. The number of thioether (sulfide) groups is 1. The zero-order chi connectivity index (χ0) is 52.4. The van der Waals surface area contributed by atoms with Crippen LogP contribution in [0.15, 0.2) is 131 Å². The minimum Gasteiger partial charge on any atom is -0.478 e. The number of aromatic nitrogens is 1. The highest BCUT2D eigenvalue weighted by Crippen LogP contribution is 2.56. The minimum absolute atomic E-state index is 0.0143. The highest BCUT2D eigenvalue weighted by Gasteiger charge is 2.49. The number of morpholine rings is 1. The maximum Gasteiger partial charge on any atom is 0.501 e. The van der Waals surface area contributed by atoms with Gasteiger partial charge in [-0.05, 0) is 136 Å². The van der Waals surface area contributed by atoms with Gasteiger partial charge in [0.25, 0.3) is 9.84 Å². The number of anilines is 3. The van der Waals surface area contributed by atoms with Crippen molar-refractivity contribution in [3.8, 4) is 22.4 Å². The Kier molecular flexibility index (Phi) is 16.3. The van der Waals surface area contributed by atoms with E-state index < -0.39 is 33.7 Å². The van der Waals surface area contributed by atoms with E-state index in [1.165, 1.54) is 16.8 Å². The fourth-order valence-corrected chi connectivity index (χ4v) is 14.9. The molecular weight excluding hydrogens is 1030 g/mol. The average molecular weight is 1090 g/mol. The Bertz CT molecular complexity index is 3110. The Hall–Kier alpha value is -5.26. The lowest BCUT2D eigenvalue weighted by Crippen LogP contribution is -2.46. The molecule has 12 nitrogen and oxygen atoms in total. The van der Waals surface area contributed by atoms with Crippen molar-refractivity contribution in [3.63, 3.8) is 0 Å². The Morgan fingerprint density at radius 3 is 2.09 bits per heavy atom. The first-order valence-electron chi connectivity index (χ1n) is 24.8. The quantitative estimate of drug-likeness (QED) is 0.0690. The number of halogens is 4. The van der Waals surface area contributed by atoms with E-state index in [1.807, 2.05) is 106 Å². The third kappa shape index (κ3) is 11.3. The van der Waals surface area contributed by atoms with E-state index in [2.05, 4.69) is 25.3 Å². The van der Waals surface area contributed by atoms with Gasteiger partial charge in [-0.15, -0.1) is 11.8 Å². The van der Waals surface area contributed by atoms with Crippen molar-refractivity contribution in [1.29, 1.82) is 0 Å². The zero-order valence-electron chi connectivity index (χ0n) is 41.5. The molecule has 0 amide bonds. The van der Waals surface area contributed by atoms with E-state index in [0.717, 1.165) is 52.2 Å². The third-order valence-electron chi connectivity index (χ3n) is 14.1. The number of piperazine rings is 1. The first kappa shape index (κ1) is 53.6. The van der Waals surface area contributed by atoms with Crippen molar-refractivity contribution < 1.29 is 45.3 Å². The normalized spacial score (nSPS) is 18.4. The smallest absolute Gasteiger partial charge is 0.478 e. The lowest BCUT2D eigenvalue weighted by atomic mass is 9.96. The molecule has 5 aromatic carbocycles. The second-order valence-electron chi connectivity index (χ2n) is 19.2. The summed E-state index contributed by atoms with van der Waals surface area (Å²) in [5.41, 5.74) is 0.872. The molecule has 9 rings (SSSR count). The Morgan fingerprint density at radius 1 is 0.784 bits per heavy atom. The number of carboxylic acids is 1. The molecule has 4 heterocycles. The summed E-state index contributed by atoms with van der Waals surface area (Å²) in [5.74, 6) is -0.629. The number of sulfone groups is 1. The summed E-state index contributed by atoms with van der Waals surface area (Å²) in [6.07, 6.45) is 0.693. The van der Waals surface area contributed by atoms with E-state index in [9.17, 15) is 36.1 Å². The highest BCUT2D eigenvalue weighted by molar-refractivity contribution is 7.99. The van der Waals surface area contributed by atoms with Crippen molar-refractivity contribution in [2.75, 3.05) is 92.4 Å². The Morgan fingerprint density at radius 2 is 1.45 bits per heavy atom. The van der Waals surface area contributed by atoms with Crippen LogP contribution < -0.4 is 19.8 Å². The van der Waals surface area contributed by atoms with Crippen molar-refractivity contribution >= 4 is 69.1 Å². The molecule has 1 aromatic heterocycles. The van der Waals surface area contributed by atoms with Gasteiger partial charge in [0.05, 0.1) is 47.8 Å². The number of hydrogen-bond donors (Lipinski definition) is 1. The maximum absolute atomic E-state index is 15.0. The largest absolute Gasteiger partial charge is 0.501 e. The van der Waals surface area contributed by atoms with Crippen molar-refractivity contribution in [1.82, 2.24) is 9.47 Å². The zero-order valence-corrected chi connectivity index (χ0v) is 44.8. The molecule has 392 valence electrons. The third-order valence-corrected chi connectivity index (χ3v) is 19.7. The molecular formula is C55H60ClF3N5O7PS2. The van der Waals surface area contributed by atoms with Gasteiger partial charge in [0.1, 0.15) is 0 Å². The second-order valence-corrected chi connectivity index (χ2v) is 24.9. The molecule has 19 heteroatoms. The van der Waals surface area contributed by atoms with Crippen LogP contribution in [0.25, 0.3) is 22.4 Å². The Labute approximate surface area is 440 Å². The lowest BCUT2D eigenvalue weighted by molar-refractivity contribution is -0.0436. The fraction of sp³-hybridized carbons (Fsp3) is 0.364. The predicted molar refractivity (Wildman–Crippen MR) is 290 cm³/mol. The molecule has 0 radical (unpaired) electrons. The van der Waals surface area contributed by atoms with Gasteiger partial charge < -0.3 is 28.7 Å². The van der Waals surface area contributed by atoms with Crippen LogP contribution >= 0.6 is 30.9 Å². The standard InChI is InChI=1S/C55H60ClF3N5O7PS2/c1-38(2)64-39(3)51(54(65)66)52(53(64)41-12-15-44(56)16-13-41)43-8-7-9-47(35-43)62-26-24-61(25-27-62)45-17-19-46(20-18-45)63-30-33-71-72(63,67)48-21-14-42(50(36-48)74(68,69)55(57,58)59)34-40(22-23-60-28-31-70-32-29-60)37-73-49-10-5-4-6-11-49/h4-21,35-36,38,40H,22-34,37H2,1-3H3,(H,65,66)/t40-,72-/m0/s1. The van der Waals surface area contributed by atoms with Gasteiger partial charge in [-0.25, -0.2) is 13.2 Å². The van der Waals surface area contributed by atoms with Crippen molar-refractivity contribution in [2.45, 2.75) is 55.0 Å². The van der Waals surface area contributed by atoms with Crippen LogP contribution in [0.2, 0.25) is 5.02 Å². The van der Waals surface area contributed by atoms with Crippen LogP contribution in [0, 0.1) is 12.8 Å². The molecule has 0 saturated carbocycles. The van der Waals surface area contributed by atoms with Crippen molar-refractivity contribution in [3.05, 3.63) is 143 Å². The molecule has 1 N–H and O–H groups in total. The van der Waals surface area contributed by atoms with Gasteiger partial charge in [-0.1, -0.05) is 60.1 Å². The SMILES string of the molecule is Cc1c(C(=O)O)c(-c2cccc(N3CCN(c4ccc(N5CCO[P@@]5(=O)c5ccc(C[C@H](CCN6CCOCC6)CSc6ccccc6)c(S(=O)(=O)C(F)(F)F)c5)cc4)CC3)c2)c(-c2ccc(Cl)cc2)n1C(C)C. The van der Waals surface area contributed by atoms with Crippen LogP contribution in [0.1, 0.15) is 47.9 Å². The number of aromatic carboxylic acids is 1. The summed E-state index contributed by atoms with van der Waals surface area (Å²) < 4.78 is 100. The van der Waals surface area contributed by atoms with E-state index in [-0.39, 0.29) is 48.0 Å². The van der Waals surface area contributed by atoms with Gasteiger partial charge in [0.15, 0.2) is 0 Å². The molecule has 6 aromatic rings. The summed E-state index contributed by atoms with van der Waals surface area (Å²) in [7, 11) is -9.93. The summed E-state index contributed by atoms with van der Waals surface area (Å²) in [6, 6.07) is 36.3. The number of carboxylic acid groups (broad SMARTS) is 1. The summed E-state index contributed by atoms with van der Waals surface area (Å²) >= 11 is 7.85. The van der Waals surface area contributed by atoms with Crippen LogP contribution in [-0.4, -0.2) is 112 Å². The number of rotatable bonds is 17. The number of hydrogen-bond acceptors (Lipinski definition) is 10. The minimum atomic E-state index is -5.86. The van der Waals surface area contributed by atoms with Crippen LogP contribution in [0.4, 0.5) is 30.2 Å². The fourth-order valence-electron chi connectivity index (χ4n) is 10.4. The highest BCUT2D eigenvalue weighted by atomic mass is 35.5. The lowest BCUT2D eigenvalue weighted by Gasteiger charge is -2.37. The van der Waals surface area contributed by atoms with Crippen LogP contribution in [0.5, 0.6) is 0 Å². The molecule has 0 aliphatic carbocycles. The van der Waals surface area contributed by atoms with Gasteiger partial charge in [0, 0.05) is 89.3 Å². The van der Waals surface area contributed by atoms with Gasteiger partial charge in [-0.2, -0.15) is 13.2 Å². The summed E-state index contributed by atoms with van der Waals surface area (Å²) in [4.78, 5) is 19.8. The Balaban J connectivity index is 0.924. The summed E-state index contributed by atoms with van der Waals surface area (Å²) in [5, 5.41) is 11.0. The molecule has 2 atom stereocenters. The first-order chi connectivity index (χ1) is 35.4.